The number of aromatic nitrogens is 1. The van der Waals surface area contributed by atoms with Crippen molar-refractivity contribution < 1.29 is 14.8 Å². The van der Waals surface area contributed by atoms with Gasteiger partial charge in [0.25, 0.3) is 0 Å². The van der Waals surface area contributed by atoms with Gasteiger partial charge in [-0.25, -0.2) is 9.78 Å². The first-order valence-corrected chi connectivity index (χ1v) is 10.8. The predicted octanol–water partition coefficient (Wildman–Crippen LogP) is 4.63. The van der Waals surface area contributed by atoms with Crippen molar-refractivity contribution in [2.45, 2.75) is 25.4 Å². The number of nitrogens with zero attached hydrogens (tertiary/aromatic N) is 3. The van der Waals surface area contributed by atoms with Gasteiger partial charge in [-0.2, -0.15) is 0 Å². The Hall–Kier alpha value is -3.98. The molecule has 9 nitrogen and oxygen atoms in total. The number of hydrogen-bond acceptors (Lipinski definition) is 6. The highest BCUT2D eigenvalue weighted by Gasteiger charge is 2.21. The van der Waals surface area contributed by atoms with E-state index in [2.05, 4.69) is 20.5 Å². The molecule has 9 heteroatoms. The van der Waals surface area contributed by atoms with Crippen molar-refractivity contribution in [3.05, 3.63) is 82.4 Å². The Bertz CT molecular complexity index is 1110. The summed E-state index contributed by atoms with van der Waals surface area (Å²) in [6.07, 6.45) is 0.610. The lowest BCUT2D eigenvalue weighted by Gasteiger charge is -2.31. The van der Waals surface area contributed by atoms with Gasteiger partial charge in [0, 0.05) is 43.0 Å². The molecule has 1 amide bonds. The average molecular weight is 447 g/mol. The Morgan fingerprint density at radius 2 is 1.76 bits per heavy atom. The smallest absolute Gasteiger partial charge is 0.404 e. The third-order valence-electron chi connectivity index (χ3n) is 5.68. The molecule has 0 saturated carbocycles. The molecule has 0 atom stereocenters. The Kier molecular flexibility index (Phi) is 6.80. The Balaban J connectivity index is 1.42. The Morgan fingerprint density at radius 3 is 2.39 bits per heavy atom. The fourth-order valence-electron chi connectivity index (χ4n) is 3.96. The number of carboxylic acid groups (broad SMARTS) is 1. The second kappa shape index (κ2) is 10.1. The number of nitrogens with one attached hydrogen (secondary N) is 2. The van der Waals surface area contributed by atoms with Crippen molar-refractivity contribution in [3.8, 4) is 11.3 Å². The molecule has 0 aliphatic carbocycles. The summed E-state index contributed by atoms with van der Waals surface area (Å²) in [6, 6.07) is 20.4. The first kappa shape index (κ1) is 22.2. The number of rotatable bonds is 7. The number of pyridine rings is 1. The molecule has 3 N–H and O–H groups in total. The van der Waals surface area contributed by atoms with Crippen molar-refractivity contribution in [3.63, 3.8) is 0 Å². The van der Waals surface area contributed by atoms with Crippen LogP contribution in [0.2, 0.25) is 0 Å². The van der Waals surface area contributed by atoms with Crippen LogP contribution in [0.3, 0.4) is 0 Å². The van der Waals surface area contributed by atoms with E-state index in [1.807, 2.05) is 54.6 Å². The van der Waals surface area contributed by atoms with Gasteiger partial charge < -0.3 is 15.7 Å². The van der Waals surface area contributed by atoms with Crippen LogP contribution in [-0.4, -0.2) is 45.1 Å². The molecule has 0 bridgehead atoms. The number of benzene rings is 2. The molecule has 0 spiro atoms. The second-order valence-electron chi connectivity index (χ2n) is 8.01. The summed E-state index contributed by atoms with van der Waals surface area (Å²) in [5.41, 5.74) is 3.28. The van der Waals surface area contributed by atoms with Crippen LogP contribution in [0, 0.1) is 10.1 Å². The summed E-state index contributed by atoms with van der Waals surface area (Å²) in [6.45, 7) is 2.42. The van der Waals surface area contributed by atoms with E-state index in [0.29, 0.717) is 11.4 Å². The van der Waals surface area contributed by atoms with Crippen LogP contribution in [0.25, 0.3) is 11.3 Å². The fraction of sp³-hybridized carbons (Fsp3) is 0.250. The van der Waals surface area contributed by atoms with Crippen LogP contribution in [0.5, 0.6) is 0 Å². The molecule has 4 rings (SSSR count). The van der Waals surface area contributed by atoms with Crippen LogP contribution < -0.4 is 10.6 Å². The van der Waals surface area contributed by atoms with Gasteiger partial charge in [-0.3, -0.25) is 15.0 Å². The molecular formula is C24H25N5O4. The van der Waals surface area contributed by atoms with Crippen molar-refractivity contribution in [1.29, 1.82) is 0 Å². The van der Waals surface area contributed by atoms with Gasteiger partial charge in [0.1, 0.15) is 0 Å². The van der Waals surface area contributed by atoms with E-state index in [1.54, 1.807) is 6.07 Å². The minimum Gasteiger partial charge on any atom is -0.465 e. The van der Waals surface area contributed by atoms with E-state index in [0.717, 1.165) is 43.6 Å². The van der Waals surface area contributed by atoms with Gasteiger partial charge in [0.15, 0.2) is 0 Å². The van der Waals surface area contributed by atoms with Crippen molar-refractivity contribution >= 4 is 23.3 Å². The van der Waals surface area contributed by atoms with Crippen molar-refractivity contribution in [1.82, 2.24) is 15.2 Å². The minimum atomic E-state index is -0.972. The van der Waals surface area contributed by atoms with Crippen LogP contribution >= 0.6 is 0 Å². The molecule has 2 aromatic carbocycles. The third-order valence-corrected chi connectivity index (χ3v) is 5.68. The van der Waals surface area contributed by atoms with Crippen molar-refractivity contribution in [2.75, 3.05) is 18.4 Å². The molecule has 170 valence electrons. The summed E-state index contributed by atoms with van der Waals surface area (Å²) < 4.78 is 0. The van der Waals surface area contributed by atoms with Crippen LogP contribution in [0.4, 0.5) is 22.0 Å². The number of hydrogen-bond donors (Lipinski definition) is 3. The zero-order valence-electron chi connectivity index (χ0n) is 18.0. The third kappa shape index (κ3) is 5.83. The lowest BCUT2D eigenvalue weighted by molar-refractivity contribution is -0.384. The molecule has 1 aliphatic heterocycles. The average Bonchev–Trinajstić information content (AvgIpc) is 2.82. The maximum atomic E-state index is 11.5. The number of carbonyl (C=O) groups is 1. The number of anilines is 2. The zero-order valence-corrected chi connectivity index (χ0v) is 18.0. The Morgan fingerprint density at radius 1 is 1.06 bits per heavy atom. The van der Waals surface area contributed by atoms with Crippen molar-refractivity contribution in [2.24, 2.45) is 0 Å². The van der Waals surface area contributed by atoms with Gasteiger partial charge >= 0.3 is 11.8 Å². The molecule has 33 heavy (non-hydrogen) atoms. The molecular weight excluding hydrogens is 422 g/mol. The summed E-state index contributed by atoms with van der Waals surface area (Å²) in [5.74, 6) is 0.196. The molecule has 1 fully saturated rings. The number of amides is 1. The van der Waals surface area contributed by atoms with Crippen LogP contribution in [0.15, 0.2) is 66.7 Å². The summed E-state index contributed by atoms with van der Waals surface area (Å²) in [7, 11) is 0. The van der Waals surface area contributed by atoms with E-state index < -0.39 is 11.0 Å². The van der Waals surface area contributed by atoms with E-state index in [-0.39, 0.29) is 17.5 Å². The summed E-state index contributed by atoms with van der Waals surface area (Å²) in [4.78, 5) is 28.6. The lowest BCUT2D eigenvalue weighted by Crippen LogP contribution is -2.43. The number of piperidine rings is 1. The van der Waals surface area contributed by atoms with Gasteiger partial charge in [-0.05, 0) is 36.6 Å². The second-order valence-corrected chi connectivity index (χ2v) is 8.01. The lowest BCUT2D eigenvalue weighted by atomic mass is 10.0. The monoisotopic (exact) mass is 447 g/mol. The van der Waals surface area contributed by atoms with E-state index >= 15 is 0 Å². The quantitative estimate of drug-likeness (QED) is 0.357. The molecule has 0 radical (unpaired) electrons. The van der Waals surface area contributed by atoms with Gasteiger partial charge in [0.05, 0.1) is 10.6 Å². The van der Waals surface area contributed by atoms with Crippen LogP contribution in [-0.2, 0) is 6.54 Å². The van der Waals surface area contributed by atoms with Gasteiger partial charge in [0.2, 0.25) is 5.82 Å². The van der Waals surface area contributed by atoms with E-state index in [1.165, 1.54) is 6.07 Å². The summed E-state index contributed by atoms with van der Waals surface area (Å²) in [5, 5.41) is 26.0. The van der Waals surface area contributed by atoms with Crippen LogP contribution in [0.1, 0.15) is 18.4 Å². The molecule has 1 aromatic heterocycles. The van der Waals surface area contributed by atoms with E-state index in [4.69, 9.17) is 5.11 Å². The topological polar surface area (TPSA) is 121 Å². The largest absolute Gasteiger partial charge is 0.465 e. The van der Waals surface area contributed by atoms with E-state index in [9.17, 15) is 14.9 Å². The maximum Gasteiger partial charge on any atom is 0.404 e. The molecule has 1 saturated heterocycles. The molecule has 0 unspecified atom stereocenters. The maximum absolute atomic E-state index is 11.5. The van der Waals surface area contributed by atoms with Gasteiger partial charge in [-0.15, -0.1) is 0 Å². The Labute approximate surface area is 191 Å². The number of likely N-dealkylation sites (tertiary alicyclic amines) is 1. The SMILES string of the molecule is O=C(O)NC1CCN(Cc2ccc(Nc3nc(-c4ccccc4)ccc3[N+](=O)[O-])cc2)CC1. The molecule has 2 heterocycles. The normalized spacial score (nSPS) is 14.5. The first-order valence-electron chi connectivity index (χ1n) is 10.8. The molecule has 3 aromatic rings. The minimum absolute atomic E-state index is 0.0141. The zero-order chi connectivity index (χ0) is 23.2. The van der Waals surface area contributed by atoms with Gasteiger partial charge in [-0.1, -0.05) is 42.5 Å². The highest BCUT2D eigenvalue weighted by Crippen LogP contribution is 2.29. The highest BCUT2D eigenvalue weighted by molar-refractivity contribution is 5.71. The first-order chi connectivity index (χ1) is 16.0. The summed E-state index contributed by atoms with van der Waals surface area (Å²) >= 11 is 0. The predicted molar refractivity (Wildman–Crippen MR) is 126 cm³/mol. The fourth-order valence-corrected chi connectivity index (χ4v) is 3.96. The standard InChI is InChI=1S/C24H25N5O4/c30-24(31)26-20-12-14-28(15-13-20)16-17-6-8-19(9-7-17)25-23-22(29(32)33)11-10-21(27-23)18-4-2-1-3-5-18/h1-11,20,26H,12-16H2,(H,25,27)(H,30,31). The number of nitro groups is 1. The molecule has 1 aliphatic rings. The highest BCUT2D eigenvalue weighted by atomic mass is 16.6.